The van der Waals surface area contributed by atoms with Gasteiger partial charge in [0.25, 0.3) is 5.91 Å². The molecular weight excluding hydrogens is 268 g/mol. The van der Waals surface area contributed by atoms with E-state index in [1.54, 1.807) is 4.90 Å². The molecule has 2 aliphatic rings. The Morgan fingerprint density at radius 3 is 2.52 bits per heavy atom. The molecule has 0 spiro atoms. The molecule has 0 aliphatic carbocycles. The van der Waals surface area contributed by atoms with Gasteiger partial charge in [-0.25, -0.2) is 0 Å². The van der Waals surface area contributed by atoms with Gasteiger partial charge < -0.3 is 20.9 Å². The summed E-state index contributed by atoms with van der Waals surface area (Å²) < 4.78 is 0. The normalized spacial score (nSPS) is 17.8. The number of carbonyl (C=O) groups excluding carboxylic acids is 2. The lowest BCUT2D eigenvalue weighted by Crippen LogP contribution is -2.52. The van der Waals surface area contributed by atoms with E-state index < -0.39 is 0 Å². The molecule has 2 heterocycles. The van der Waals surface area contributed by atoms with E-state index in [-0.39, 0.29) is 18.4 Å². The highest BCUT2D eigenvalue weighted by molar-refractivity contribution is 5.96. The molecule has 1 fully saturated rings. The minimum Gasteiger partial charge on any atom is -0.338 e. The summed E-state index contributed by atoms with van der Waals surface area (Å²) in [6.07, 6.45) is 0. The molecular formula is C15H20N4O2. The van der Waals surface area contributed by atoms with Crippen molar-refractivity contribution in [3.8, 4) is 0 Å². The number of rotatable bonds is 2. The fourth-order valence-electron chi connectivity index (χ4n) is 2.99. The highest BCUT2D eigenvalue weighted by Crippen LogP contribution is 2.21. The lowest BCUT2D eigenvalue weighted by molar-refractivity contribution is -0.131. The maximum atomic E-state index is 12.7. The van der Waals surface area contributed by atoms with E-state index in [0.29, 0.717) is 26.2 Å². The molecule has 6 heteroatoms. The minimum absolute atomic E-state index is 0.0335. The molecule has 1 aromatic carbocycles. The number of nitrogens with one attached hydrogen (secondary N) is 1. The van der Waals surface area contributed by atoms with E-state index >= 15 is 0 Å². The smallest absolute Gasteiger partial charge is 0.254 e. The molecule has 2 amide bonds. The maximum absolute atomic E-state index is 12.7. The first-order chi connectivity index (χ1) is 10.2. The fourth-order valence-corrected chi connectivity index (χ4v) is 2.99. The van der Waals surface area contributed by atoms with Gasteiger partial charge in [-0.05, 0) is 17.2 Å². The van der Waals surface area contributed by atoms with Crippen LogP contribution in [-0.2, 0) is 17.9 Å². The summed E-state index contributed by atoms with van der Waals surface area (Å²) in [6, 6.07) is 5.89. The van der Waals surface area contributed by atoms with Gasteiger partial charge in [0, 0.05) is 44.8 Å². The summed E-state index contributed by atoms with van der Waals surface area (Å²) in [7, 11) is 0. The molecule has 0 unspecified atom stereocenters. The van der Waals surface area contributed by atoms with Crippen molar-refractivity contribution in [2.24, 2.45) is 5.73 Å². The van der Waals surface area contributed by atoms with E-state index in [9.17, 15) is 9.59 Å². The second-order valence-electron chi connectivity index (χ2n) is 5.42. The van der Waals surface area contributed by atoms with E-state index in [2.05, 4.69) is 11.4 Å². The van der Waals surface area contributed by atoms with Crippen molar-refractivity contribution in [3.63, 3.8) is 0 Å². The van der Waals surface area contributed by atoms with Crippen molar-refractivity contribution in [2.75, 3.05) is 32.7 Å². The van der Waals surface area contributed by atoms with Crippen LogP contribution in [0.1, 0.15) is 21.5 Å². The molecule has 0 bridgehead atoms. The largest absolute Gasteiger partial charge is 0.338 e. The Labute approximate surface area is 123 Å². The van der Waals surface area contributed by atoms with Gasteiger partial charge in [-0.2, -0.15) is 0 Å². The number of amides is 2. The molecule has 0 radical (unpaired) electrons. The quantitative estimate of drug-likeness (QED) is 0.771. The molecule has 112 valence electrons. The first-order valence-corrected chi connectivity index (χ1v) is 7.29. The van der Waals surface area contributed by atoms with Crippen molar-refractivity contribution in [2.45, 2.75) is 13.1 Å². The molecule has 0 atom stereocenters. The van der Waals surface area contributed by atoms with Gasteiger partial charge in [0.1, 0.15) is 0 Å². The van der Waals surface area contributed by atoms with Gasteiger partial charge >= 0.3 is 0 Å². The van der Waals surface area contributed by atoms with Crippen LogP contribution in [0.25, 0.3) is 0 Å². The zero-order valence-corrected chi connectivity index (χ0v) is 12.0. The predicted molar refractivity (Wildman–Crippen MR) is 78.5 cm³/mol. The third kappa shape index (κ3) is 2.64. The van der Waals surface area contributed by atoms with Gasteiger partial charge in [0.05, 0.1) is 6.54 Å². The minimum atomic E-state index is -0.0492. The average molecular weight is 288 g/mol. The Bertz CT molecular complexity index is 565. The molecule has 21 heavy (non-hydrogen) atoms. The molecule has 0 saturated carbocycles. The van der Waals surface area contributed by atoms with Crippen molar-refractivity contribution in [3.05, 3.63) is 34.9 Å². The summed E-state index contributed by atoms with van der Waals surface area (Å²) in [5, 5.41) is 3.28. The lowest BCUT2D eigenvalue weighted by Gasteiger charge is -2.35. The van der Waals surface area contributed by atoms with Crippen molar-refractivity contribution in [1.82, 2.24) is 15.1 Å². The van der Waals surface area contributed by atoms with Gasteiger partial charge in [0.15, 0.2) is 0 Å². The Balaban J connectivity index is 1.70. The van der Waals surface area contributed by atoms with E-state index in [4.69, 9.17) is 5.73 Å². The van der Waals surface area contributed by atoms with Crippen LogP contribution >= 0.6 is 0 Å². The first kappa shape index (κ1) is 14.0. The molecule has 1 aromatic rings. The fraction of sp³-hybridized carbons (Fsp3) is 0.467. The van der Waals surface area contributed by atoms with Crippen LogP contribution in [0.4, 0.5) is 0 Å². The second-order valence-corrected chi connectivity index (χ2v) is 5.42. The summed E-state index contributed by atoms with van der Waals surface area (Å²) in [6.45, 7) is 3.89. The van der Waals surface area contributed by atoms with Gasteiger partial charge in [-0.1, -0.05) is 12.1 Å². The van der Waals surface area contributed by atoms with Crippen LogP contribution in [-0.4, -0.2) is 54.3 Å². The summed E-state index contributed by atoms with van der Waals surface area (Å²) in [5.41, 5.74) is 8.48. The van der Waals surface area contributed by atoms with Gasteiger partial charge in [-0.3, -0.25) is 9.59 Å². The second kappa shape index (κ2) is 5.83. The van der Waals surface area contributed by atoms with Crippen LogP contribution in [0.15, 0.2) is 18.2 Å². The van der Waals surface area contributed by atoms with Gasteiger partial charge in [-0.15, -0.1) is 0 Å². The zero-order chi connectivity index (χ0) is 14.8. The molecule has 3 rings (SSSR count). The zero-order valence-electron chi connectivity index (χ0n) is 12.0. The highest BCUT2D eigenvalue weighted by atomic mass is 16.2. The number of piperazine rings is 1. The molecule has 2 aliphatic heterocycles. The predicted octanol–water partition coefficient (Wildman–Crippen LogP) is -0.467. The number of nitrogens with zero attached hydrogens (tertiary/aromatic N) is 2. The summed E-state index contributed by atoms with van der Waals surface area (Å²) >= 11 is 0. The van der Waals surface area contributed by atoms with Crippen molar-refractivity contribution in [1.29, 1.82) is 0 Å². The SMILES string of the molecule is NCC(=O)N1CCN(C(=O)c2cccc3c2CNC3)CC1. The number of hydrogen-bond acceptors (Lipinski definition) is 4. The Morgan fingerprint density at radius 2 is 1.81 bits per heavy atom. The number of nitrogens with two attached hydrogens (primary N) is 1. The summed E-state index contributed by atoms with van der Waals surface area (Å²) in [5.74, 6) is 0.0160. The van der Waals surface area contributed by atoms with Crippen molar-refractivity contribution < 1.29 is 9.59 Å². The van der Waals surface area contributed by atoms with Crippen molar-refractivity contribution >= 4 is 11.8 Å². The Kier molecular flexibility index (Phi) is 3.90. The number of benzene rings is 1. The monoisotopic (exact) mass is 288 g/mol. The van der Waals surface area contributed by atoms with E-state index in [0.717, 1.165) is 24.2 Å². The Hall–Kier alpha value is -1.92. The number of fused-ring (bicyclic) bond motifs is 1. The van der Waals surface area contributed by atoms with Crippen LogP contribution in [0.2, 0.25) is 0 Å². The van der Waals surface area contributed by atoms with E-state index in [1.807, 2.05) is 17.0 Å². The molecule has 1 saturated heterocycles. The molecule has 0 aromatic heterocycles. The van der Waals surface area contributed by atoms with E-state index in [1.165, 1.54) is 5.56 Å². The van der Waals surface area contributed by atoms with Crippen LogP contribution < -0.4 is 11.1 Å². The van der Waals surface area contributed by atoms with Crippen LogP contribution in [0.3, 0.4) is 0 Å². The Morgan fingerprint density at radius 1 is 1.10 bits per heavy atom. The summed E-state index contributed by atoms with van der Waals surface area (Å²) in [4.78, 5) is 27.8. The van der Waals surface area contributed by atoms with Crippen LogP contribution in [0.5, 0.6) is 0 Å². The lowest BCUT2D eigenvalue weighted by atomic mass is 10.0. The van der Waals surface area contributed by atoms with Gasteiger partial charge in [0.2, 0.25) is 5.91 Å². The number of carbonyl (C=O) groups is 2. The first-order valence-electron chi connectivity index (χ1n) is 7.29. The molecule has 6 nitrogen and oxygen atoms in total. The topological polar surface area (TPSA) is 78.7 Å². The number of hydrogen-bond donors (Lipinski definition) is 2. The maximum Gasteiger partial charge on any atom is 0.254 e. The van der Waals surface area contributed by atoms with Crippen LogP contribution in [0, 0.1) is 0 Å². The standard InChI is InChI=1S/C15H20N4O2/c16-8-14(20)18-4-6-19(7-5-18)15(21)12-3-1-2-11-9-17-10-13(11)12/h1-3,17H,4-10,16H2. The third-order valence-corrected chi connectivity index (χ3v) is 4.21. The average Bonchev–Trinajstić information content (AvgIpc) is 3.02. The third-order valence-electron chi connectivity index (χ3n) is 4.21. The molecule has 3 N–H and O–H groups in total. The highest BCUT2D eigenvalue weighted by Gasteiger charge is 2.26.